The monoisotopic (exact) mass is 279 g/mol. The Morgan fingerprint density at radius 3 is 2.58 bits per heavy atom. The minimum atomic E-state index is -3.22. The average Bonchev–Trinajstić information content (AvgIpc) is 3.18. The van der Waals surface area contributed by atoms with E-state index < -0.39 is 9.84 Å². The lowest BCUT2D eigenvalue weighted by Crippen LogP contribution is -2.22. The lowest BCUT2D eigenvalue weighted by molar-refractivity contribution is -0.111. The number of carbonyl (C=O) groups is 1. The normalized spacial score (nSPS) is 27.4. The molecule has 0 bridgehead atoms. The zero-order valence-corrected chi connectivity index (χ0v) is 11.4. The van der Waals surface area contributed by atoms with Gasteiger partial charge in [-0.1, -0.05) is 18.2 Å². The molecule has 0 spiro atoms. The van der Waals surface area contributed by atoms with Crippen molar-refractivity contribution in [1.29, 1.82) is 0 Å². The molecule has 1 N–H and O–H groups in total. The zero-order chi connectivity index (χ0) is 13.5. The molecule has 2 fully saturated rings. The molecular weight excluding hydrogens is 262 g/mol. The third-order valence-electron chi connectivity index (χ3n) is 3.97. The van der Waals surface area contributed by atoms with Crippen molar-refractivity contribution in [3.8, 4) is 0 Å². The molecule has 1 aliphatic heterocycles. The SMILES string of the molecule is O=C[C@H]1CCNC1c1ccccc1S(=O)(=O)C1CC1. The van der Waals surface area contributed by atoms with Crippen LogP contribution in [0, 0.1) is 5.92 Å². The summed E-state index contributed by atoms with van der Waals surface area (Å²) in [4.78, 5) is 11.5. The molecule has 5 heteroatoms. The topological polar surface area (TPSA) is 63.2 Å². The molecule has 19 heavy (non-hydrogen) atoms. The van der Waals surface area contributed by atoms with E-state index in [1.807, 2.05) is 12.1 Å². The van der Waals surface area contributed by atoms with Crippen molar-refractivity contribution in [3.63, 3.8) is 0 Å². The van der Waals surface area contributed by atoms with E-state index in [1.54, 1.807) is 12.1 Å². The Morgan fingerprint density at radius 1 is 1.16 bits per heavy atom. The zero-order valence-electron chi connectivity index (χ0n) is 10.6. The van der Waals surface area contributed by atoms with Gasteiger partial charge in [-0.25, -0.2) is 8.42 Å². The summed E-state index contributed by atoms with van der Waals surface area (Å²) < 4.78 is 24.9. The van der Waals surface area contributed by atoms with E-state index in [-0.39, 0.29) is 17.2 Å². The maximum atomic E-state index is 12.5. The molecule has 1 saturated heterocycles. The van der Waals surface area contributed by atoms with Crippen LogP contribution < -0.4 is 5.32 Å². The van der Waals surface area contributed by atoms with Crippen LogP contribution in [0.4, 0.5) is 0 Å². The summed E-state index contributed by atoms with van der Waals surface area (Å²) in [6.45, 7) is 0.756. The molecule has 1 aliphatic carbocycles. The molecule has 4 nitrogen and oxygen atoms in total. The molecule has 2 aliphatic rings. The fraction of sp³-hybridized carbons (Fsp3) is 0.500. The summed E-state index contributed by atoms with van der Waals surface area (Å²) in [6, 6.07) is 6.93. The van der Waals surface area contributed by atoms with Gasteiger partial charge in [0.1, 0.15) is 6.29 Å². The summed E-state index contributed by atoms with van der Waals surface area (Å²) in [7, 11) is -3.22. The van der Waals surface area contributed by atoms with Gasteiger partial charge in [-0.3, -0.25) is 0 Å². The first kappa shape index (κ1) is 12.8. The number of carbonyl (C=O) groups excluding carboxylic acids is 1. The third-order valence-corrected chi connectivity index (χ3v) is 6.30. The molecule has 1 saturated carbocycles. The van der Waals surface area contributed by atoms with Gasteiger partial charge >= 0.3 is 0 Å². The van der Waals surface area contributed by atoms with Crippen molar-refractivity contribution in [2.45, 2.75) is 35.4 Å². The highest BCUT2D eigenvalue weighted by molar-refractivity contribution is 7.92. The Kier molecular flexibility index (Phi) is 3.19. The summed E-state index contributed by atoms with van der Waals surface area (Å²) in [5.74, 6) is -0.129. The van der Waals surface area contributed by atoms with Gasteiger partial charge in [0.15, 0.2) is 9.84 Å². The second-order valence-corrected chi connectivity index (χ2v) is 7.50. The highest BCUT2D eigenvalue weighted by atomic mass is 32.2. The Bertz CT molecular complexity index is 592. The van der Waals surface area contributed by atoms with Crippen LogP contribution in [0.3, 0.4) is 0 Å². The van der Waals surface area contributed by atoms with Gasteiger partial charge < -0.3 is 10.1 Å². The molecule has 102 valence electrons. The molecular formula is C14H17NO3S. The van der Waals surface area contributed by atoms with E-state index in [0.29, 0.717) is 4.90 Å². The van der Waals surface area contributed by atoms with Crippen molar-refractivity contribution in [3.05, 3.63) is 29.8 Å². The van der Waals surface area contributed by atoms with Gasteiger partial charge in [0.25, 0.3) is 0 Å². The van der Waals surface area contributed by atoms with E-state index in [1.165, 1.54) is 0 Å². The summed E-state index contributed by atoms with van der Waals surface area (Å²) in [6.07, 6.45) is 3.22. The molecule has 0 radical (unpaired) electrons. The number of hydrogen-bond acceptors (Lipinski definition) is 4. The van der Waals surface area contributed by atoms with Crippen LogP contribution >= 0.6 is 0 Å². The summed E-state index contributed by atoms with van der Waals surface area (Å²) in [5, 5.41) is 3.03. The Balaban J connectivity index is 2.04. The lowest BCUT2D eigenvalue weighted by Gasteiger charge is -2.19. The van der Waals surface area contributed by atoms with Crippen molar-refractivity contribution in [2.75, 3.05) is 6.54 Å². The minimum Gasteiger partial charge on any atom is -0.309 e. The molecule has 1 aromatic carbocycles. The first-order chi connectivity index (χ1) is 9.14. The smallest absolute Gasteiger partial charge is 0.181 e. The van der Waals surface area contributed by atoms with E-state index in [2.05, 4.69) is 5.32 Å². The molecule has 2 atom stereocenters. The predicted molar refractivity (Wildman–Crippen MR) is 71.6 cm³/mol. The first-order valence-electron chi connectivity index (χ1n) is 6.66. The van der Waals surface area contributed by atoms with E-state index in [0.717, 1.165) is 37.7 Å². The van der Waals surface area contributed by atoms with Gasteiger partial charge in [-0.05, 0) is 37.4 Å². The number of hydrogen-bond donors (Lipinski definition) is 1. The number of benzene rings is 1. The van der Waals surface area contributed by atoms with Crippen LogP contribution in [0.25, 0.3) is 0 Å². The van der Waals surface area contributed by atoms with Crippen LogP contribution in [0.2, 0.25) is 0 Å². The minimum absolute atomic E-state index is 0.129. The van der Waals surface area contributed by atoms with Gasteiger partial charge in [-0.15, -0.1) is 0 Å². The molecule has 1 unspecified atom stereocenters. The van der Waals surface area contributed by atoms with Gasteiger partial charge in [-0.2, -0.15) is 0 Å². The molecule has 0 aromatic heterocycles. The van der Waals surface area contributed by atoms with Crippen molar-refractivity contribution < 1.29 is 13.2 Å². The Hall–Kier alpha value is -1.20. The number of sulfone groups is 1. The largest absolute Gasteiger partial charge is 0.309 e. The van der Waals surface area contributed by atoms with Gasteiger partial charge in [0.05, 0.1) is 10.1 Å². The van der Waals surface area contributed by atoms with E-state index >= 15 is 0 Å². The number of nitrogens with one attached hydrogen (secondary N) is 1. The van der Waals surface area contributed by atoms with Crippen molar-refractivity contribution >= 4 is 16.1 Å². The number of rotatable bonds is 4. The fourth-order valence-electron chi connectivity index (χ4n) is 2.77. The lowest BCUT2D eigenvalue weighted by atomic mass is 9.95. The highest BCUT2D eigenvalue weighted by Gasteiger charge is 2.40. The van der Waals surface area contributed by atoms with Crippen LogP contribution in [0.1, 0.15) is 30.9 Å². The standard InChI is InChI=1S/C14H17NO3S/c16-9-10-7-8-15-14(10)12-3-1-2-4-13(12)19(17,18)11-5-6-11/h1-4,9-11,14-15H,5-8H2/t10-,14?/m1/s1. The fourth-order valence-corrected chi connectivity index (χ4v) is 4.67. The van der Waals surface area contributed by atoms with E-state index in [9.17, 15) is 13.2 Å². The number of aldehydes is 1. The first-order valence-corrected chi connectivity index (χ1v) is 8.20. The van der Waals surface area contributed by atoms with Crippen LogP contribution in [-0.2, 0) is 14.6 Å². The quantitative estimate of drug-likeness (QED) is 0.848. The highest BCUT2D eigenvalue weighted by Crippen LogP contribution is 2.38. The summed E-state index contributed by atoms with van der Waals surface area (Å²) >= 11 is 0. The maximum absolute atomic E-state index is 12.5. The predicted octanol–water partition coefficient (Wildman–Crippen LogP) is 1.47. The Morgan fingerprint density at radius 2 is 1.89 bits per heavy atom. The van der Waals surface area contributed by atoms with Gasteiger partial charge in [0.2, 0.25) is 0 Å². The molecule has 1 aromatic rings. The summed E-state index contributed by atoms with van der Waals surface area (Å²) in [5.41, 5.74) is 0.754. The molecule has 3 rings (SSSR count). The van der Waals surface area contributed by atoms with Crippen LogP contribution in [0.15, 0.2) is 29.2 Å². The molecule has 1 heterocycles. The second-order valence-electron chi connectivity index (χ2n) is 5.30. The van der Waals surface area contributed by atoms with Gasteiger partial charge in [0, 0.05) is 12.0 Å². The van der Waals surface area contributed by atoms with Crippen molar-refractivity contribution in [1.82, 2.24) is 5.32 Å². The van der Waals surface area contributed by atoms with E-state index in [4.69, 9.17) is 0 Å². The van der Waals surface area contributed by atoms with Crippen molar-refractivity contribution in [2.24, 2.45) is 5.92 Å². The average molecular weight is 279 g/mol. The second kappa shape index (κ2) is 4.72. The van der Waals surface area contributed by atoms with Crippen LogP contribution in [-0.4, -0.2) is 26.5 Å². The maximum Gasteiger partial charge on any atom is 0.181 e. The molecule has 0 amide bonds. The Labute approximate surface area is 113 Å². The van der Waals surface area contributed by atoms with Crippen LogP contribution in [0.5, 0.6) is 0 Å². The third kappa shape index (κ3) is 2.21.